The van der Waals surface area contributed by atoms with Gasteiger partial charge in [0.25, 0.3) is 0 Å². The standard InChI is InChI=1S/C14H19NO4/c1-3-12(14(17)18-4-2)19-13(16)9-10-5-7-11(15)8-6-10/h5-8,12H,3-4,9,15H2,1-2H3. The molecule has 1 aromatic carbocycles. The number of esters is 2. The molecule has 0 spiro atoms. The Morgan fingerprint density at radius 2 is 1.84 bits per heavy atom. The van der Waals surface area contributed by atoms with Gasteiger partial charge in [-0.25, -0.2) is 4.79 Å². The van der Waals surface area contributed by atoms with Crippen LogP contribution in [-0.4, -0.2) is 24.6 Å². The van der Waals surface area contributed by atoms with Crippen molar-refractivity contribution in [2.24, 2.45) is 0 Å². The highest BCUT2D eigenvalue weighted by Gasteiger charge is 2.22. The third-order valence-electron chi connectivity index (χ3n) is 2.52. The molecule has 0 aromatic heterocycles. The van der Waals surface area contributed by atoms with Crippen LogP contribution in [0.15, 0.2) is 24.3 Å². The van der Waals surface area contributed by atoms with Gasteiger partial charge in [-0.15, -0.1) is 0 Å². The number of carbonyl (C=O) groups is 2. The van der Waals surface area contributed by atoms with Crippen LogP contribution in [0.4, 0.5) is 5.69 Å². The summed E-state index contributed by atoms with van der Waals surface area (Å²) in [6.07, 6.45) is -0.330. The van der Waals surface area contributed by atoms with E-state index >= 15 is 0 Å². The van der Waals surface area contributed by atoms with Crippen LogP contribution in [0.25, 0.3) is 0 Å². The van der Waals surface area contributed by atoms with Gasteiger partial charge in [-0.2, -0.15) is 0 Å². The molecule has 5 heteroatoms. The topological polar surface area (TPSA) is 78.6 Å². The minimum absolute atomic E-state index is 0.107. The SMILES string of the molecule is CCOC(=O)C(CC)OC(=O)Cc1ccc(N)cc1. The van der Waals surface area contributed by atoms with Crippen molar-refractivity contribution in [3.63, 3.8) is 0 Å². The molecular formula is C14H19NO4. The fourth-order valence-electron chi connectivity index (χ4n) is 1.54. The Bertz CT molecular complexity index is 428. The number of benzene rings is 1. The lowest BCUT2D eigenvalue weighted by molar-refractivity contribution is -0.167. The first-order chi connectivity index (χ1) is 9.06. The molecule has 0 saturated heterocycles. The van der Waals surface area contributed by atoms with Crippen molar-refractivity contribution in [2.45, 2.75) is 32.8 Å². The summed E-state index contributed by atoms with van der Waals surface area (Å²) in [6.45, 7) is 3.74. The van der Waals surface area contributed by atoms with Gasteiger partial charge >= 0.3 is 11.9 Å². The van der Waals surface area contributed by atoms with Crippen LogP contribution >= 0.6 is 0 Å². The second-order valence-corrected chi connectivity index (χ2v) is 4.06. The Morgan fingerprint density at radius 3 is 2.37 bits per heavy atom. The van der Waals surface area contributed by atoms with Crippen molar-refractivity contribution in [1.82, 2.24) is 0 Å². The van der Waals surface area contributed by atoms with Crippen molar-refractivity contribution >= 4 is 17.6 Å². The Hall–Kier alpha value is -2.04. The van der Waals surface area contributed by atoms with Gasteiger partial charge < -0.3 is 15.2 Å². The van der Waals surface area contributed by atoms with Crippen LogP contribution in [0, 0.1) is 0 Å². The summed E-state index contributed by atoms with van der Waals surface area (Å²) in [6, 6.07) is 6.93. The van der Waals surface area contributed by atoms with Crippen LogP contribution in [0.1, 0.15) is 25.8 Å². The highest BCUT2D eigenvalue weighted by Crippen LogP contribution is 2.09. The molecular weight excluding hydrogens is 246 g/mol. The summed E-state index contributed by atoms with van der Waals surface area (Å²) in [5, 5.41) is 0. The molecule has 0 heterocycles. The number of carbonyl (C=O) groups excluding carboxylic acids is 2. The van der Waals surface area contributed by atoms with Crippen LogP contribution in [-0.2, 0) is 25.5 Å². The molecule has 0 amide bonds. The number of nitrogens with two attached hydrogens (primary N) is 1. The van der Waals surface area contributed by atoms with Crippen molar-refractivity contribution in [3.8, 4) is 0 Å². The number of nitrogen functional groups attached to an aromatic ring is 1. The van der Waals surface area contributed by atoms with Gasteiger partial charge in [-0.05, 0) is 31.0 Å². The van der Waals surface area contributed by atoms with Crippen molar-refractivity contribution in [2.75, 3.05) is 12.3 Å². The zero-order chi connectivity index (χ0) is 14.3. The van der Waals surface area contributed by atoms with Crippen LogP contribution in [0.3, 0.4) is 0 Å². The van der Waals surface area contributed by atoms with E-state index in [0.717, 1.165) is 5.56 Å². The van der Waals surface area contributed by atoms with E-state index in [-0.39, 0.29) is 13.0 Å². The maximum atomic E-state index is 11.7. The van der Waals surface area contributed by atoms with E-state index in [0.29, 0.717) is 12.1 Å². The summed E-state index contributed by atoms with van der Waals surface area (Å²) in [5.74, 6) is -0.958. The third-order valence-corrected chi connectivity index (χ3v) is 2.52. The van der Waals surface area contributed by atoms with Gasteiger partial charge in [-0.3, -0.25) is 4.79 Å². The minimum Gasteiger partial charge on any atom is -0.463 e. The minimum atomic E-state index is -0.832. The summed E-state index contributed by atoms with van der Waals surface area (Å²) in [4.78, 5) is 23.2. The molecule has 0 fully saturated rings. The number of hydrogen-bond donors (Lipinski definition) is 1. The molecule has 1 atom stereocenters. The van der Waals surface area contributed by atoms with Gasteiger partial charge in [0.1, 0.15) is 0 Å². The predicted octanol–water partition coefficient (Wildman–Crippen LogP) is 1.70. The smallest absolute Gasteiger partial charge is 0.347 e. The fraction of sp³-hybridized carbons (Fsp3) is 0.429. The van der Waals surface area contributed by atoms with E-state index in [1.807, 2.05) is 0 Å². The second kappa shape index (κ2) is 7.41. The quantitative estimate of drug-likeness (QED) is 0.625. The van der Waals surface area contributed by atoms with Crippen molar-refractivity contribution in [3.05, 3.63) is 29.8 Å². The average Bonchev–Trinajstić information content (AvgIpc) is 2.39. The number of hydrogen-bond acceptors (Lipinski definition) is 5. The molecule has 0 aliphatic heterocycles. The summed E-state index contributed by atoms with van der Waals surface area (Å²) >= 11 is 0. The molecule has 0 saturated carbocycles. The van der Waals surface area contributed by atoms with E-state index in [9.17, 15) is 9.59 Å². The van der Waals surface area contributed by atoms with E-state index < -0.39 is 18.0 Å². The normalized spacial score (nSPS) is 11.7. The molecule has 0 aliphatic carbocycles. The highest BCUT2D eigenvalue weighted by molar-refractivity contribution is 5.80. The molecule has 0 aliphatic rings. The van der Waals surface area contributed by atoms with Gasteiger partial charge in [0, 0.05) is 5.69 Å². The van der Waals surface area contributed by atoms with Gasteiger partial charge in [-0.1, -0.05) is 19.1 Å². The summed E-state index contributed by atoms with van der Waals surface area (Å²) in [7, 11) is 0. The molecule has 0 radical (unpaired) electrons. The average molecular weight is 265 g/mol. The Labute approximate surface area is 112 Å². The Balaban J connectivity index is 2.53. The lowest BCUT2D eigenvalue weighted by Gasteiger charge is -2.14. The maximum Gasteiger partial charge on any atom is 0.347 e. The molecule has 1 rings (SSSR count). The summed E-state index contributed by atoms with van der Waals surface area (Å²) in [5.41, 5.74) is 6.98. The second-order valence-electron chi connectivity index (χ2n) is 4.06. The lowest BCUT2D eigenvalue weighted by atomic mass is 10.1. The summed E-state index contributed by atoms with van der Waals surface area (Å²) < 4.78 is 9.93. The first-order valence-electron chi connectivity index (χ1n) is 6.27. The largest absolute Gasteiger partial charge is 0.463 e. The van der Waals surface area contributed by atoms with Crippen LogP contribution in [0.5, 0.6) is 0 Å². The van der Waals surface area contributed by atoms with E-state index in [2.05, 4.69) is 0 Å². The highest BCUT2D eigenvalue weighted by atomic mass is 16.6. The van der Waals surface area contributed by atoms with Crippen molar-refractivity contribution in [1.29, 1.82) is 0 Å². The molecule has 2 N–H and O–H groups in total. The maximum absolute atomic E-state index is 11.7. The fourth-order valence-corrected chi connectivity index (χ4v) is 1.54. The first-order valence-corrected chi connectivity index (χ1v) is 6.27. The predicted molar refractivity (Wildman–Crippen MR) is 71.4 cm³/mol. The zero-order valence-electron chi connectivity index (χ0n) is 11.2. The molecule has 19 heavy (non-hydrogen) atoms. The Morgan fingerprint density at radius 1 is 1.21 bits per heavy atom. The van der Waals surface area contributed by atoms with Gasteiger partial charge in [0.2, 0.25) is 0 Å². The molecule has 104 valence electrons. The zero-order valence-corrected chi connectivity index (χ0v) is 11.2. The van der Waals surface area contributed by atoms with Gasteiger partial charge in [0.15, 0.2) is 6.10 Å². The van der Waals surface area contributed by atoms with E-state index in [4.69, 9.17) is 15.2 Å². The van der Waals surface area contributed by atoms with Crippen LogP contribution in [0.2, 0.25) is 0 Å². The Kier molecular flexibility index (Phi) is 5.85. The number of ether oxygens (including phenoxy) is 2. The lowest BCUT2D eigenvalue weighted by Crippen LogP contribution is -2.29. The first kappa shape index (κ1) is 15.0. The number of anilines is 1. The van der Waals surface area contributed by atoms with Crippen LogP contribution < -0.4 is 5.73 Å². The molecule has 1 unspecified atom stereocenters. The van der Waals surface area contributed by atoms with E-state index in [1.54, 1.807) is 38.1 Å². The van der Waals surface area contributed by atoms with Gasteiger partial charge in [0.05, 0.1) is 13.0 Å². The third kappa shape index (κ3) is 4.99. The molecule has 0 bridgehead atoms. The van der Waals surface area contributed by atoms with E-state index in [1.165, 1.54) is 0 Å². The molecule has 1 aromatic rings. The number of rotatable bonds is 6. The molecule has 5 nitrogen and oxygen atoms in total. The van der Waals surface area contributed by atoms with Crippen molar-refractivity contribution < 1.29 is 19.1 Å². The monoisotopic (exact) mass is 265 g/mol.